The average molecular weight is 372 g/mol. The quantitative estimate of drug-likeness (QED) is 0.789. The van der Waals surface area contributed by atoms with Gasteiger partial charge in [-0.2, -0.15) is 0 Å². The van der Waals surface area contributed by atoms with E-state index in [0.717, 1.165) is 51.7 Å². The number of amides is 2. The van der Waals surface area contributed by atoms with Crippen molar-refractivity contribution in [3.63, 3.8) is 0 Å². The molecule has 2 amide bonds. The molecule has 2 heterocycles. The molecule has 1 aromatic carbocycles. The highest BCUT2D eigenvalue weighted by Crippen LogP contribution is 2.42. The van der Waals surface area contributed by atoms with Crippen LogP contribution < -0.4 is 0 Å². The van der Waals surface area contributed by atoms with Crippen LogP contribution in [0.25, 0.3) is 0 Å². The summed E-state index contributed by atoms with van der Waals surface area (Å²) < 4.78 is 13.3. The Hall–Kier alpha value is -1.91. The van der Waals surface area contributed by atoms with Crippen molar-refractivity contribution in [1.82, 2.24) is 9.80 Å². The highest BCUT2D eigenvalue weighted by atomic mass is 19.1. The Balaban J connectivity index is 1.42. The summed E-state index contributed by atoms with van der Waals surface area (Å²) >= 11 is 0. The molecular formula is C22H29FN2O2. The fourth-order valence-electron chi connectivity index (χ4n) is 5.22. The predicted octanol–water partition coefficient (Wildman–Crippen LogP) is 3.92. The maximum atomic E-state index is 13.3. The van der Waals surface area contributed by atoms with Gasteiger partial charge < -0.3 is 9.80 Å². The fourth-order valence-corrected chi connectivity index (χ4v) is 5.22. The molecule has 0 radical (unpaired) electrons. The molecule has 146 valence electrons. The number of carbonyl (C=O) groups is 2. The summed E-state index contributed by atoms with van der Waals surface area (Å²) in [6, 6.07) is 4.82. The Morgan fingerprint density at radius 3 is 2.52 bits per heavy atom. The second-order valence-electron chi connectivity index (χ2n) is 8.71. The van der Waals surface area contributed by atoms with Crippen LogP contribution >= 0.6 is 0 Å². The number of benzene rings is 1. The van der Waals surface area contributed by atoms with Crippen LogP contribution in [0.5, 0.6) is 0 Å². The molecule has 2 saturated heterocycles. The molecule has 2 aliphatic heterocycles. The van der Waals surface area contributed by atoms with Gasteiger partial charge in [-0.25, -0.2) is 4.39 Å². The molecular weight excluding hydrogens is 343 g/mol. The molecule has 3 fully saturated rings. The maximum absolute atomic E-state index is 13.3. The van der Waals surface area contributed by atoms with Crippen LogP contribution in [-0.4, -0.2) is 47.3 Å². The number of piperidine rings is 2. The molecule has 0 aromatic heterocycles. The van der Waals surface area contributed by atoms with Gasteiger partial charge in [-0.3, -0.25) is 9.59 Å². The minimum Gasteiger partial charge on any atom is -0.339 e. The van der Waals surface area contributed by atoms with Crippen LogP contribution in [0.4, 0.5) is 4.39 Å². The first-order chi connectivity index (χ1) is 13.0. The molecule has 1 aromatic rings. The maximum Gasteiger partial charge on any atom is 0.254 e. The first-order valence-electron chi connectivity index (χ1n) is 10.3. The monoisotopic (exact) mass is 372 g/mol. The largest absolute Gasteiger partial charge is 0.339 e. The van der Waals surface area contributed by atoms with E-state index in [1.165, 1.54) is 25.0 Å². The molecule has 3 aliphatic rings. The molecule has 4 nitrogen and oxygen atoms in total. The zero-order chi connectivity index (χ0) is 19.0. The molecule has 1 saturated carbocycles. The first kappa shape index (κ1) is 18.5. The third kappa shape index (κ3) is 3.61. The number of rotatable bonds is 2. The van der Waals surface area contributed by atoms with E-state index in [-0.39, 0.29) is 17.1 Å². The molecule has 0 N–H and O–H groups in total. The molecule has 1 spiro atoms. The lowest BCUT2D eigenvalue weighted by atomic mass is 9.72. The van der Waals surface area contributed by atoms with E-state index in [1.807, 2.05) is 4.90 Å². The summed E-state index contributed by atoms with van der Waals surface area (Å²) in [5, 5.41) is 0. The van der Waals surface area contributed by atoms with E-state index in [0.29, 0.717) is 29.5 Å². The normalized spacial score (nSPS) is 23.3. The summed E-state index contributed by atoms with van der Waals surface area (Å²) in [4.78, 5) is 29.4. The van der Waals surface area contributed by atoms with Crippen LogP contribution in [0.1, 0.15) is 67.3 Å². The number of hydrogen-bond acceptors (Lipinski definition) is 2. The van der Waals surface area contributed by atoms with Crippen LogP contribution in [0.2, 0.25) is 0 Å². The van der Waals surface area contributed by atoms with Crippen molar-refractivity contribution in [3.05, 3.63) is 35.1 Å². The summed E-state index contributed by atoms with van der Waals surface area (Å²) in [5.74, 6) is 0.0235. The van der Waals surface area contributed by atoms with Crippen molar-refractivity contribution < 1.29 is 14.0 Å². The SMILES string of the molecule is Cc1cc(F)ccc1C(=O)N1CCC2(CCC(=O)N(C3CCCC3)C2)CC1. The summed E-state index contributed by atoms with van der Waals surface area (Å²) in [5.41, 5.74) is 1.46. The molecule has 27 heavy (non-hydrogen) atoms. The zero-order valence-corrected chi connectivity index (χ0v) is 16.2. The highest BCUT2D eigenvalue weighted by molar-refractivity contribution is 5.95. The smallest absolute Gasteiger partial charge is 0.254 e. The third-order valence-electron chi connectivity index (χ3n) is 6.99. The van der Waals surface area contributed by atoms with Gasteiger partial charge >= 0.3 is 0 Å². The Morgan fingerprint density at radius 2 is 1.85 bits per heavy atom. The predicted molar refractivity (Wildman–Crippen MR) is 102 cm³/mol. The lowest BCUT2D eigenvalue weighted by Crippen LogP contribution is -2.54. The van der Waals surface area contributed by atoms with Gasteiger partial charge in [0, 0.05) is 37.7 Å². The number of halogens is 1. The minimum absolute atomic E-state index is 0.00175. The topological polar surface area (TPSA) is 40.6 Å². The summed E-state index contributed by atoms with van der Waals surface area (Å²) in [6.07, 6.45) is 8.28. The summed E-state index contributed by atoms with van der Waals surface area (Å²) in [7, 11) is 0. The van der Waals surface area contributed by atoms with Crippen LogP contribution in [-0.2, 0) is 4.79 Å². The van der Waals surface area contributed by atoms with Crippen molar-refractivity contribution in [2.75, 3.05) is 19.6 Å². The van der Waals surface area contributed by atoms with Crippen LogP contribution in [0.3, 0.4) is 0 Å². The Morgan fingerprint density at radius 1 is 1.15 bits per heavy atom. The van der Waals surface area contributed by atoms with Gasteiger partial charge in [0.1, 0.15) is 5.82 Å². The molecule has 0 atom stereocenters. The Kier molecular flexibility index (Phi) is 4.95. The minimum atomic E-state index is -0.305. The van der Waals surface area contributed by atoms with E-state index >= 15 is 0 Å². The van der Waals surface area contributed by atoms with Crippen LogP contribution in [0, 0.1) is 18.2 Å². The molecule has 1 aliphatic carbocycles. The number of hydrogen-bond donors (Lipinski definition) is 0. The van der Waals surface area contributed by atoms with Crippen molar-refractivity contribution in [1.29, 1.82) is 0 Å². The average Bonchev–Trinajstić information content (AvgIpc) is 3.19. The van der Waals surface area contributed by atoms with E-state index in [2.05, 4.69) is 4.90 Å². The number of nitrogens with zero attached hydrogens (tertiary/aromatic N) is 2. The van der Waals surface area contributed by atoms with Crippen LogP contribution in [0.15, 0.2) is 18.2 Å². The van der Waals surface area contributed by atoms with Crippen molar-refractivity contribution in [2.45, 2.75) is 64.3 Å². The number of aryl methyl sites for hydroxylation is 1. The van der Waals surface area contributed by atoms with Gasteiger partial charge in [-0.05, 0) is 68.2 Å². The molecule has 4 rings (SSSR count). The van der Waals surface area contributed by atoms with Gasteiger partial charge in [0.05, 0.1) is 0 Å². The lowest BCUT2D eigenvalue weighted by Gasteiger charge is -2.49. The van der Waals surface area contributed by atoms with E-state index in [1.54, 1.807) is 13.0 Å². The third-order valence-corrected chi connectivity index (χ3v) is 6.99. The number of likely N-dealkylation sites (tertiary alicyclic amines) is 2. The van der Waals surface area contributed by atoms with Gasteiger partial charge in [0.25, 0.3) is 5.91 Å². The Labute approximate surface area is 160 Å². The van der Waals surface area contributed by atoms with Crippen molar-refractivity contribution in [3.8, 4) is 0 Å². The second kappa shape index (κ2) is 7.25. The van der Waals surface area contributed by atoms with Gasteiger partial charge in [-0.15, -0.1) is 0 Å². The van der Waals surface area contributed by atoms with Gasteiger partial charge in [-0.1, -0.05) is 12.8 Å². The van der Waals surface area contributed by atoms with Crippen molar-refractivity contribution in [2.24, 2.45) is 5.41 Å². The number of carbonyl (C=O) groups excluding carboxylic acids is 2. The molecule has 0 bridgehead atoms. The van der Waals surface area contributed by atoms with E-state index in [9.17, 15) is 14.0 Å². The Bertz CT molecular complexity index is 734. The molecule has 0 unspecified atom stereocenters. The fraction of sp³-hybridized carbons (Fsp3) is 0.636. The lowest BCUT2D eigenvalue weighted by molar-refractivity contribution is -0.142. The van der Waals surface area contributed by atoms with Gasteiger partial charge in [0.15, 0.2) is 0 Å². The van der Waals surface area contributed by atoms with E-state index < -0.39 is 0 Å². The summed E-state index contributed by atoms with van der Waals surface area (Å²) in [6.45, 7) is 4.10. The van der Waals surface area contributed by atoms with Crippen molar-refractivity contribution >= 4 is 11.8 Å². The standard InChI is InChI=1S/C22H29FN2O2/c1-16-14-17(23)6-7-19(16)21(27)24-12-10-22(11-13-24)9-8-20(26)25(15-22)18-4-2-3-5-18/h6-7,14,18H,2-5,8-13,15H2,1H3. The second-order valence-corrected chi connectivity index (χ2v) is 8.71. The highest BCUT2D eigenvalue weighted by Gasteiger charge is 2.43. The van der Waals surface area contributed by atoms with E-state index in [4.69, 9.17) is 0 Å². The zero-order valence-electron chi connectivity index (χ0n) is 16.2. The first-order valence-corrected chi connectivity index (χ1v) is 10.3. The molecule has 5 heteroatoms. The van der Waals surface area contributed by atoms with Gasteiger partial charge in [0.2, 0.25) is 5.91 Å².